The highest BCUT2D eigenvalue weighted by atomic mass is 16.2. The van der Waals surface area contributed by atoms with Gasteiger partial charge in [0.15, 0.2) is 0 Å². The zero-order valence-electron chi connectivity index (χ0n) is 12.2. The monoisotopic (exact) mass is 309 g/mol. The van der Waals surface area contributed by atoms with Gasteiger partial charge in [-0.25, -0.2) is 9.97 Å². The third-order valence-corrected chi connectivity index (χ3v) is 3.33. The lowest BCUT2D eigenvalue weighted by Crippen LogP contribution is -2.36. The molecule has 0 unspecified atom stereocenters. The molecule has 0 atom stereocenters. The molecule has 0 bridgehead atoms. The molecule has 116 valence electrons. The van der Waals surface area contributed by atoms with Gasteiger partial charge < -0.3 is 15.6 Å². The average molecular weight is 309 g/mol. The molecule has 0 aliphatic heterocycles. The molecule has 0 aliphatic rings. The third kappa shape index (κ3) is 3.70. The number of aromatic amines is 1. The first-order valence-electron chi connectivity index (χ1n) is 7.09. The second-order valence-electron chi connectivity index (χ2n) is 4.94. The molecule has 0 spiro atoms. The highest BCUT2D eigenvalue weighted by Crippen LogP contribution is 2.13. The number of benzene rings is 1. The Hall–Kier alpha value is -3.22. The SMILES string of the molecule is O=C(CNC(=O)c1ccc2[nH]ccc2c1)NCc1ccncn1. The van der Waals surface area contributed by atoms with Gasteiger partial charge in [-0.1, -0.05) is 0 Å². The van der Waals surface area contributed by atoms with Gasteiger partial charge in [-0.05, 0) is 30.3 Å². The number of hydrogen-bond donors (Lipinski definition) is 3. The van der Waals surface area contributed by atoms with Gasteiger partial charge in [0.1, 0.15) is 6.33 Å². The van der Waals surface area contributed by atoms with Gasteiger partial charge in [0.05, 0.1) is 18.8 Å². The Balaban J connectivity index is 1.51. The summed E-state index contributed by atoms with van der Waals surface area (Å²) in [6.45, 7) is 0.210. The highest BCUT2D eigenvalue weighted by Gasteiger charge is 2.09. The number of H-pyrrole nitrogens is 1. The Morgan fingerprint density at radius 2 is 2.04 bits per heavy atom. The topological polar surface area (TPSA) is 99.8 Å². The molecule has 7 heteroatoms. The molecule has 1 aromatic carbocycles. The van der Waals surface area contributed by atoms with Crippen molar-refractivity contribution in [3.05, 3.63) is 60.3 Å². The first-order valence-corrected chi connectivity index (χ1v) is 7.09. The lowest BCUT2D eigenvalue weighted by Gasteiger charge is -2.07. The van der Waals surface area contributed by atoms with Crippen molar-refractivity contribution in [2.24, 2.45) is 0 Å². The van der Waals surface area contributed by atoms with Crippen molar-refractivity contribution in [1.29, 1.82) is 0 Å². The highest BCUT2D eigenvalue weighted by molar-refractivity contribution is 5.99. The number of nitrogens with zero attached hydrogens (tertiary/aromatic N) is 2. The summed E-state index contributed by atoms with van der Waals surface area (Å²) in [4.78, 5) is 34.7. The van der Waals surface area contributed by atoms with Crippen molar-refractivity contribution in [3.8, 4) is 0 Å². The van der Waals surface area contributed by atoms with Crippen molar-refractivity contribution in [2.45, 2.75) is 6.54 Å². The third-order valence-electron chi connectivity index (χ3n) is 3.33. The summed E-state index contributed by atoms with van der Waals surface area (Å²) in [6.07, 6.45) is 4.83. The number of aromatic nitrogens is 3. The second kappa shape index (κ2) is 6.69. The lowest BCUT2D eigenvalue weighted by atomic mass is 10.1. The van der Waals surface area contributed by atoms with E-state index in [0.717, 1.165) is 10.9 Å². The zero-order chi connectivity index (χ0) is 16.1. The minimum absolute atomic E-state index is 0.0882. The van der Waals surface area contributed by atoms with Crippen LogP contribution in [0.2, 0.25) is 0 Å². The first kappa shape index (κ1) is 14.7. The molecule has 3 rings (SSSR count). The van der Waals surface area contributed by atoms with E-state index in [4.69, 9.17) is 0 Å². The van der Waals surface area contributed by atoms with Crippen molar-refractivity contribution in [1.82, 2.24) is 25.6 Å². The Bertz CT molecular complexity index is 829. The molecule has 0 radical (unpaired) electrons. The van der Waals surface area contributed by atoms with Crippen LogP contribution in [-0.4, -0.2) is 33.3 Å². The molecule has 3 N–H and O–H groups in total. The predicted octanol–water partition coefficient (Wildman–Crippen LogP) is 1.00. The van der Waals surface area contributed by atoms with E-state index in [9.17, 15) is 9.59 Å². The molecule has 2 heterocycles. The molecule has 3 aromatic rings. The van der Waals surface area contributed by atoms with Gasteiger partial charge in [0, 0.05) is 28.9 Å². The zero-order valence-corrected chi connectivity index (χ0v) is 12.2. The standard InChI is InChI=1S/C16H15N5O2/c22-15(19-8-13-4-5-17-10-21-13)9-20-16(23)12-1-2-14-11(7-12)3-6-18-14/h1-7,10,18H,8-9H2,(H,19,22)(H,20,23). The minimum Gasteiger partial charge on any atom is -0.361 e. The first-order chi connectivity index (χ1) is 11.2. The smallest absolute Gasteiger partial charge is 0.251 e. The van der Waals surface area contributed by atoms with E-state index in [0.29, 0.717) is 17.8 Å². The molecule has 0 fully saturated rings. The Morgan fingerprint density at radius 1 is 1.13 bits per heavy atom. The van der Waals surface area contributed by atoms with E-state index >= 15 is 0 Å². The van der Waals surface area contributed by atoms with Crippen molar-refractivity contribution >= 4 is 22.7 Å². The largest absolute Gasteiger partial charge is 0.361 e. The number of fused-ring (bicyclic) bond motifs is 1. The molecular weight excluding hydrogens is 294 g/mol. The fourth-order valence-corrected chi connectivity index (χ4v) is 2.13. The molecule has 7 nitrogen and oxygen atoms in total. The molecule has 0 saturated heterocycles. The normalized spacial score (nSPS) is 10.4. The summed E-state index contributed by atoms with van der Waals surface area (Å²) in [6, 6.07) is 8.93. The quantitative estimate of drug-likeness (QED) is 0.654. The summed E-state index contributed by atoms with van der Waals surface area (Å²) in [5, 5.41) is 6.23. The van der Waals surface area contributed by atoms with Gasteiger partial charge in [0.2, 0.25) is 5.91 Å². The minimum atomic E-state index is -0.287. The van der Waals surface area contributed by atoms with Gasteiger partial charge in [-0.3, -0.25) is 9.59 Å². The van der Waals surface area contributed by atoms with Crippen molar-refractivity contribution in [2.75, 3.05) is 6.54 Å². The Kier molecular flexibility index (Phi) is 4.28. The maximum Gasteiger partial charge on any atom is 0.251 e. The molecule has 23 heavy (non-hydrogen) atoms. The van der Waals surface area contributed by atoms with E-state index in [1.807, 2.05) is 18.3 Å². The van der Waals surface area contributed by atoms with E-state index in [2.05, 4.69) is 25.6 Å². The molecule has 0 saturated carbocycles. The predicted molar refractivity (Wildman–Crippen MR) is 84.5 cm³/mol. The second-order valence-corrected chi connectivity index (χ2v) is 4.94. The Labute approximate surface area is 132 Å². The maximum atomic E-state index is 12.1. The number of carbonyl (C=O) groups is 2. The molecular formula is C16H15N5O2. The molecule has 0 aliphatic carbocycles. The maximum absolute atomic E-state index is 12.1. The number of rotatable bonds is 5. The number of hydrogen-bond acceptors (Lipinski definition) is 4. The van der Waals surface area contributed by atoms with Crippen molar-refractivity contribution in [3.63, 3.8) is 0 Å². The number of nitrogens with one attached hydrogen (secondary N) is 3. The van der Waals surface area contributed by atoms with Gasteiger partial charge in [-0.2, -0.15) is 0 Å². The fraction of sp³-hybridized carbons (Fsp3) is 0.125. The summed E-state index contributed by atoms with van der Waals surface area (Å²) >= 11 is 0. The van der Waals surface area contributed by atoms with Gasteiger partial charge in [0.25, 0.3) is 5.91 Å². The summed E-state index contributed by atoms with van der Waals surface area (Å²) < 4.78 is 0. The van der Waals surface area contributed by atoms with Crippen LogP contribution >= 0.6 is 0 Å². The molecule has 2 amide bonds. The average Bonchev–Trinajstić information content (AvgIpc) is 3.06. The van der Waals surface area contributed by atoms with E-state index in [1.165, 1.54) is 6.33 Å². The van der Waals surface area contributed by atoms with Crippen LogP contribution in [0.1, 0.15) is 16.1 Å². The van der Waals surface area contributed by atoms with E-state index in [1.54, 1.807) is 24.4 Å². The van der Waals surface area contributed by atoms with E-state index in [-0.39, 0.29) is 18.4 Å². The van der Waals surface area contributed by atoms with Crippen LogP contribution in [0.5, 0.6) is 0 Å². The van der Waals surface area contributed by atoms with Crippen LogP contribution in [0.4, 0.5) is 0 Å². The lowest BCUT2D eigenvalue weighted by molar-refractivity contribution is -0.120. The fourth-order valence-electron chi connectivity index (χ4n) is 2.13. The van der Waals surface area contributed by atoms with Crippen LogP contribution in [0.15, 0.2) is 49.1 Å². The summed E-state index contributed by atoms with van der Waals surface area (Å²) in [5.74, 6) is -0.565. The summed E-state index contributed by atoms with van der Waals surface area (Å²) in [5.41, 5.74) is 2.18. The Morgan fingerprint density at radius 3 is 2.87 bits per heavy atom. The van der Waals surface area contributed by atoms with Gasteiger partial charge >= 0.3 is 0 Å². The van der Waals surface area contributed by atoms with Crippen LogP contribution in [-0.2, 0) is 11.3 Å². The van der Waals surface area contributed by atoms with Crippen molar-refractivity contribution < 1.29 is 9.59 Å². The van der Waals surface area contributed by atoms with Crippen LogP contribution in [0.3, 0.4) is 0 Å². The van der Waals surface area contributed by atoms with Crippen LogP contribution in [0, 0.1) is 0 Å². The summed E-state index contributed by atoms with van der Waals surface area (Å²) in [7, 11) is 0. The number of carbonyl (C=O) groups excluding carboxylic acids is 2. The van der Waals surface area contributed by atoms with Crippen LogP contribution < -0.4 is 10.6 Å². The van der Waals surface area contributed by atoms with Crippen LogP contribution in [0.25, 0.3) is 10.9 Å². The number of amides is 2. The van der Waals surface area contributed by atoms with Gasteiger partial charge in [-0.15, -0.1) is 0 Å². The molecule has 2 aromatic heterocycles. The van der Waals surface area contributed by atoms with E-state index < -0.39 is 0 Å².